The Labute approximate surface area is 171 Å². The maximum absolute atomic E-state index is 14.5. The van der Waals surface area contributed by atoms with Crippen LogP contribution in [0.5, 0.6) is 0 Å². The van der Waals surface area contributed by atoms with E-state index in [0.29, 0.717) is 11.5 Å². The second kappa shape index (κ2) is 7.93. The lowest BCUT2D eigenvalue weighted by atomic mass is 9.82. The summed E-state index contributed by atoms with van der Waals surface area (Å²) < 4.78 is 14.5. The van der Waals surface area contributed by atoms with Crippen molar-refractivity contribution in [2.75, 3.05) is 0 Å². The minimum Gasteiger partial charge on any atom is -0.205 e. The molecule has 0 saturated heterocycles. The molecule has 0 heterocycles. The van der Waals surface area contributed by atoms with Crippen molar-refractivity contribution >= 4 is 17.2 Å². The van der Waals surface area contributed by atoms with Crippen molar-refractivity contribution in [1.82, 2.24) is 0 Å². The summed E-state index contributed by atoms with van der Waals surface area (Å²) in [5.41, 5.74) is 7.63. The summed E-state index contributed by atoms with van der Waals surface area (Å²) >= 11 is 6.10. The van der Waals surface area contributed by atoms with Gasteiger partial charge >= 0.3 is 0 Å². The molecule has 1 unspecified atom stereocenters. The third-order valence-electron chi connectivity index (χ3n) is 5.80. The molecule has 0 spiro atoms. The van der Waals surface area contributed by atoms with Gasteiger partial charge in [0, 0.05) is 5.56 Å². The Kier molecular flexibility index (Phi) is 5.37. The molecule has 1 aliphatic rings. The van der Waals surface area contributed by atoms with E-state index in [4.69, 9.17) is 11.6 Å². The Bertz CT molecular complexity index is 1010. The molecule has 28 heavy (non-hydrogen) atoms. The predicted molar refractivity (Wildman–Crippen MR) is 117 cm³/mol. The Morgan fingerprint density at radius 1 is 0.857 bits per heavy atom. The van der Waals surface area contributed by atoms with Crippen molar-refractivity contribution in [3.8, 4) is 11.1 Å². The van der Waals surface area contributed by atoms with E-state index in [9.17, 15) is 4.39 Å². The summed E-state index contributed by atoms with van der Waals surface area (Å²) in [6.07, 6.45) is 5.03. The first kappa shape index (κ1) is 19.0. The summed E-state index contributed by atoms with van der Waals surface area (Å²) in [5.74, 6) is 0.202. The zero-order chi connectivity index (χ0) is 19.7. The Morgan fingerprint density at radius 3 is 2.11 bits per heavy atom. The smallest absolute Gasteiger partial charge is 0.149 e. The fourth-order valence-electron chi connectivity index (χ4n) is 3.97. The van der Waals surface area contributed by atoms with Crippen molar-refractivity contribution in [3.63, 3.8) is 0 Å². The molecular weight excluding hydrogens is 367 g/mol. The highest BCUT2D eigenvalue weighted by Gasteiger charge is 2.20. The van der Waals surface area contributed by atoms with Crippen LogP contribution < -0.4 is 0 Å². The van der Waals surface area contributed by atoms with Gasteiger partial charge in [-0.05, 0) is 66.9 Å². The van der Waals surface area contributed by atoms with E-state index >= 15 is 0 Å². The van der Waals surface area contributed by atoms with Gasteiger partial charge in [-0.15, -0.1) is 0 Å². The second-order valence-electron chi connectivity index (χ2n) is 7.75. The van der Waals surface area contributed by atoms with Gasteiger partial charge in [0.15, 0.2) is 0 Å². The molecule has 0 radical (unpaired) electrons. The van der Waals surface area contributed by atoms with Crippen LogP contribution in [-0.2, 0) is 0 Å². The number of hydrogen-bond acceptors (Lipinski definition) is 0. The van der Waals surface area contributed by atoms with Crippen molar-refractivity contribution in [1.29, 1.82) is 0 Å². The summed E-state index contributed by atoms with van der Waals surface area (Å²) in [7, 11) is 0. The molecule has 0 nitrogen and oxygen atoms in total. The highest BCUT2D eigenvalue weighted by atomic mass is 35.5. The van der Waals surface area contributed by atoms with Crippen LogP contribution in [0.3, 0.4) is 0 Å². The lowest BCUT2D eigenvalue weighted by molar-refractivity contribution is 0.606. The van der Waals surface area contributed by atoms with E-state index in [-0.39, 0.29) is 10.8 Å². The molecule has 0 saturated carbocycles. The van der Waals surface area contributed by atoms with Gasteiger partial charge in [-0.2, -0.15) is 0 Å². The van der Waals surface area contributed by atoms with E-state index < -0.39 is 0 Å². The SMILES string of the molecule is Cc1ccc(-c2ccc(C3CC=C(c4ccc(C)c(Cl)c4F)CC3)cc2)cc1. The van der Waals surface area contributed by atoms with E-state index in [1.54, 1.807) is 0 Å². The summed E-state index contributed by atoms with van der Waals surface area (Å²) in [6.45, 7) is 3.94. The molecule has 1 atom stereocenters. The van der Waals surface area contributed by atoms with Gasteiger partial charge in [0.25, 0.3) is 0 Å². The van der Waals surface area contributed by atoms with Crippen LogP contribution in [0.15, 0.2) is 66.7 Å². The van der Waals surface area contributed by atoms with Gasteiger partial charge in [0.1, 0.15) is 5.82 Å². The number of allylic oxidation sites excluding steroid dienone is 2. The van der Waals surface area contributed by atoms with Crippen molar-refractivity contribution < 1.29 is 4.39 Å². The van der Waals surface area contributed by atoms with Crippen molar-refractivity contribution in [2.45, 2.75) is 39.0 Å². The number of halogens is 2. The van der Waals surface area contributed by atoms with Crippen LogP contribution in [0.1, 0.15) is 47.4 Å². The van der Waals surface area contributed by atoms with Crippen LogP contribution in [0.25, 0.3) is 16.7 Å². The lowest BCUT2D eigenvalue weighted by Gasteiger charge is -2.23. The van der Waals surface area contributed by atoms with E-state index in [0.717, 1.165) is 30.4 Å². The highest BCUT2D eigenvalue weighted by molar-refractivity contribution is 6.31. The molecule has 0 N–H and O–H groups in total. The zero-order valence-corrected chi connectivity index (χ0v) is 17.1. The fourth-order valence-corrected chi connectivity index (χ4v) is 4.13. The molecule has 0 amide bonds. The van der Waals surface area contributed by atoms with Crippen LogP contribution in [-0.4, -0.2) is 0 Å². The first-order chi connectivity index (χ1) is 13.5. The molecule has 0 aromatic heterocycles. The normalized spacial score (nSPS) is 16.7. The van der Waals surface area contributed by atoms with Gasteiger partial charge < -0.3 is 0 Å². The molecule has 0 aliphatic heterocycles. The number of aryl methyl sites for hydroxylation is 2. The maximum atomic E-state index is 14.5. The Balaban J connectivity index is 1.50. The monoisotopic (exact) mass is 390 g/mol. The van der Waals surface area contributed by atoms with Crippen LogP contribution in [0.2, 0.25) is 5.02 Å². The van der Waals surface area contributed by atoms with E-state index in [1.165, 1.54) is 22.3 Å². The molecule has 3 aromatic carbocycles. The molecule has 0 fully saturated rings. The molecule has 3 aromatic rings. The summed E-state index contributed by atoms with van der Waals surface area (Å²) in [6, 6.07) is 21.3. The molecule has 142 valence electrons. The largest absolute Gasteiger partial charge is 0.205 e. The van der Waals surface area contributed by atoms with Gasteiger partial charge in [-0.1, -0.05) is 83.9 Å². The number of hydrogen-bond donors (Lipinski definition) is 0. The lowest BCUT2D eigenvalue weighted by Crippen LogP contribution is -2.05. The molecule has 2 heteroatoms. The van der Waals surface area contributed by atoms with Crippen LogP contribution in [0, 0.1) is 19.7 Å². The summed E-state index contributed by atoms with van der Waals surface area (Å²) in [4.78, 5) is 0. The number of benzene rings is 3. The minimum absolute atomic E-state index is 0.243. The van der Waals surface area contributed by atoms with Gasteiger partial charge in [-0.3, -0.25) is 0 Å². The maximum Gasteiger partial charge on any atom is 0.149 e. The molecule has 0 bridgehead atoms. The van der Waals surface area contributed by atoms with Crippen LogP contribution in [0.4, 0.5) is 4.39 Å². The zero-order valence-electron chi connectivity index (χ0n) is 16.3. The topological polar surface area (TPSA) is 0 Å². The molecular formula is C26H24ClF. The standard InChI is InChI=1S/C26H24ClF/c1-17-3-6-19(7-4-17)20-8-10-21(11-9-20)22-12-14-23(15-13-22)24-16-5-18(2)25(27)26(24)28/h3-11,14,16,22H,12-13,15H2,1-2H3. The first-order valence-corrected chi connectivity index (χ1v) is 10.2. The second-order valence-corrected chi connectivity index (χ2v) is 8.12. The summed E-state index contributed by atoms with van der Waals surface area (Å²) in [5, 5.41) is 0.243. The Morgan fingerprint density at radius 2 is 1.50 bits per heavy atom. The number of rotatable bonds is 3. The van der Waals surface area contributed by atoms with Gasteiger partial charge in [-0.25, -0.2) is 4.39 Å². The predicted octanol–water partition coefficient (Wildman–Crippen LogP) is 8.11. The van der Waals surface area contributed by atoms with E-state index in [1.807, 2.05) is 19.1 Å². The third kappa shape index (κ3) is 3.77. The van der Waals surface area contributed by atoms with Crippen molar-refractivity contribution in [2.24, 2.45) is 0 Å². The molecule has 4 rings (SSSR count). The first-order valence-electron chi connectivity index (χ1n) is 9.84. The highest BCUT2D eigenvalue weighted by Crippen LogP contribution is 2.38. The average Bonchev–Trinajstić information content (AvgIpc) is 2.73. The molecule has 1 aliphatic carbocycles. The van der Waals surface area contributed by atoms with Crippen LogP contribution >= 0.6 is 11.6 Å². The fraction of sp³-hybridized carbons (Fsp3) is 0.231. The third-order valence-corrected chi connectivity index (χ3v) is 6.26. The minimum atomic E-state index is -0.284. The van der Waals surface area contributed by atoms with Gasteiger partial charge in [0.05, 0.1) is 5.02 Å². The quantitative estimate of drug-likeness (QED) is 0.423. The average molecular weight is 391 g/mol. The van der Waals surface area contributed by atoms with Crippen molar-refractivity contribution in [3.05, 3.63) is 99.8 Å². The van der Waals surface area contributed by atoms with E-state index in [2.05, 4.69) is 61.5 Å². The van der Waals surface area contributed by atoms with Gasteiger partial charge in [0.2, 0.25) is 0 Å². The Hall–Kier alpha value is -2.38.